The van der Waals surface area contributed by atoms with Crippen LogP contribution in [0.25, 0.3) is 0 Å². The van der Waals surface area contributed by atoms with Gasteiger partial charge in [-0.05, 0) is 35.8 Å². The fourth-order valence-corrected chi connectivity index (χ4v) is 3.54. The molecule has 25 heavy (non-hydrogen) atoms. The van der Waals surface area contributed by atoms with Crippen LogP contribution < -0.4 is 10.2 Å². The molecule has 0 unspecified atom stereocenters. The van der Waals surface area contributed by atoms with Gasteiger partial charge >= 0.3 is 0 Å². The van der Waals surface area contributed by atoms with Crippen molar-refractivity contribution in [2.24, 2.45) is 0 Å². The SMILES string of the molecule is CC(C)c1ccc(NC(=S)N2CC[NH+](Cc3ccccc3)CC2)cc1. The summed E-state index contributed by atoms with van der Waals surface area (Å²) in [5.41, 5.74) is 3.85. The van der Waals surface area contributed by atoms with Gasteiger partial charge in [-0.2, -0.15) is 0 Å². The summed E-state index contributed by atoms with van der Waals surface area (Å²) in [7, 11) is 0. The Morgan fingerprint density at radius 1 is 1.04 bits per heavy atom. The highest BCUT2D eigenvalue weighted by atomic mass is 32.1. The fourth-order valence-electron chi connectivity index (χ4n) is 3.24. The summed E-state index contributed by atoms with van der Waals surface area (Å²) in [6.07, 6.45) is 0. The molecule has 1 aliphatic rings. The minimum Gasteiger partial charge on any atom is -0.338 e. The highest BCUT2D eigenvalue weighted by Gasteiger charge is 2.21. The van der Waals surface area contributed by atoms with Crippen molar-refractivity contribution in [1.82, 2.24) is 4.90 Å². The van der Waals surface area contributed by atoms with Crippen LogP contribution in [0.1, 0.15) is 30.9 Å². The zero-order valence-corrected chi connectivity index (χ0v) is 16.0. The van der Waals surface area contributed by atoms with Gasteiger partial charge in [0, 0.05) is 11.3 Å². The van der Waals surface area contributed by atoms with E-state index in [1.165, 1.54) is 11.1 Å². The normalized spacial score (nSPS) is 15.4. The topological polar surface area (TPSA) is 19.7 Å². The molecular formula is C21H28N3S+. The van der Waals surface area contributed by atoms with Crippen LogP contribution in [0.5, 0.6) is 0 Å². The summed E-state index contributed by atoms with van der Waals surface area (Å²) in [6.45, 7) is 9.81. The van der Waals surface area contributed by atoms with E-state index in [2.05, 4.69) is 78.7 Å². The molecule has 3 rings (SSSR count). The maximum Gasteiger partial charge on any atom is 0.173 e. The molecule has 0 amide bonds. The van der Waals surface area contributed by atoms with Gasteiger partial charge in [0.2, 0.25) is 0 Å². The van der Waals surface area contributed by atoms with Crippen LogP contribution in [0.2, 0.25) is 0 Å². The maximum absolute atomic E-state index is 5.61. The number of nitrogens with zero attached hydrogens (tertiary/aromatic N) is 1. The van der Waals surface area contributed by atoms with Crippen LogP contribution in [-0.4, -0.2) is 36.2 Å². The van der Waals surface area contributed by atoms with Crippen LogP contribution in [-0.2, 0) is 6.54 Å². The van der Waals surface area contributed by atoms with E-state index in [1.807, 2.05) is 0 Å². The minimum atomic E-state index is 0.557. The molecule has 2 aromatic rings. The predicted octanol–water partition coefficient (Wildman–Crippen LogP) is 2.91. The van der Waals surface area contributed by atoms with E-state index in [9.17, 15) is 0 Å². The lowest BCUT2D eigenvalue weighted by Gasteiger charge is -2.34. The Bertz CT molecular complexity index is 674. The smallest absolute Gasteiger partial charge is 0.173 e. The number of hydrogen-bond acceptors (Lipinski definition) is 1. The van der Waals surface area contributed by atoms with Crippen molar-refractivity contribution in [3.8, 4) is 0 Å². The molecule has 0 atom stereocenters. The Kier molecular flexibility index (Phi) is 6.05. The van der Waals surface area contributed by atoms with E-state index < -0.39 is 0 Å². The zero-order valence-electron chi connectivity index (χ0n) is 15.2. The summed E-state index contributed by atoms with van der Waals surface area (Å²) in [5, 5.41) is 4.23. The molecule has 1 fully saturated rings. The van der Waals surface area contributed by atoms with Crippen LogP contribution in [0.15, 0.2) is 54.6 Å². The summed E-state index contributed by atoms with van der Waals surface area (Å²) >= 11 is 5.61. The van der Waals surface area contributed by atoms with E-state index in [0.717, 1.165) is 43.5 Å². The van der Waals surface area contributed by atoms with Gasteiger partial charge in [0.05, 0.1) is 26.2 Å². The molecule has 1 saturated heterocycles. The van der Waals surface area contributed by atoms with E-state index >= 15 is 0 Å². The van der Waals surface area contributed by atoms with Crippen LogP contribution >= 0.6 is 12.2 Å². The highest BCUT2D eigenvalue weighted by molar-refractivity contribution is 7.80. The number of piperazine rings is 1. The van der Waals surface area contributed by atoms with Crippen LogP contribution in [0.4, 0.5) is 5.69 Å². The monoisotopic (exact) mass is 354 g/mol. The molecule has 0 aliphatic carbocycles. The minimum absolute atomic E-state index is 0.557. The molecule has 2 aromatic carbocycles. The first-order valence-corrected chi connectivity index (χ1v) is 9.56. The Labute approximate surface area is 156 Å². The Morgan fingerprint density at radius 2 is 1.68 bits per heavy atom. The highest BCUT2D eigenvalue weighted by Crippen LogP contribution is 2.17. The number of thiocarbonyl (C=S) groups is 1. The van der Waals surface area contributed by atoms with Crippen molar-refractivity contribution < 1.29 is 4.90 Å². The molecule has 0 bridgehead atoms. The number of rotatable bonds is 4. The summed E-state index contributed by atoms with van der Waals surface area (Å²) in [6, 6.07) is 19.3. The van der Waals surface area contributed by atoms with Crippen LogP contribution in [0, 0.1) is 0 Å². The molecular weight excluding hydrogens is 326 g/mol. The second-order valence-corrected chi connectivity index (χ2v) is 7.49. The van der Waals surface area contributed by atoms with Crippen molar-refractivity contribution in [3.63, 3.8) is 0 Å². The van der Waals surface area contributed by atoms with Gasteiger partial charge in [-0.15, -0.1) is 0 Å². The Morgan fingerprint density at radius 3 is 2.28 bits per heavy atom. The van der Waals surface area contributed by atoms with Crippen molar-refractivity contribution >= 4 is 23.0 Å². The van der Waals surface area contributed by atoms with Gasteiger partial charge in [0.15, 0.2) is 5.11 Å². The average Bonchev–Trinajstić information content (AvgIpc) is 2.63. The van der Waals surface area contributed by atoms with Crippen molar-refractivity contribution in [3.05, 3.63) is 65.7 Å². The quantitative estimate of drug-likeness (QED) is 0.824. The maximum atomic E-state index is 5.61. The van der Waals surface area contributed by atoms with Gasteiger partial charge in [-0.25, -0.2) is 0 Å². The van der Waals surface area contributed by atoms with Gasteiger partial charge < -0.3 is 15.1 Å². The van der Waals surface area contributed by atoms with Crippen molar-refractivity contribution in [1.29, 1.82) is 0 Å². The summed E-state index contributed by atoms with van der Waals surface area (Å²) < 4.78 is 0. The standard InChI is InChI=1S/C21H27N3S/c1-17(2)19-8-10-20(11-9-19)22-21(25)24-14-12-23(13-15-24)16-18-6-4-3-5-7-18/h3-11,17H,12-16H2,1-2H3,(H,22,25)/p+1. The first-order chi connectivity index (χ1) is 12.1. The first-order valence-electron chi connectivity index (χ1n) is 9.15. The van der Waals surface area contributed by atoms with E-state index in [4.69, 9.17) is 12.2 Å². The van der Waals surface area contributed by atoms with E-state index in [1.54, 1.807) is 4.90 Å². The van der Waals surface area contributed by atoms with Gasteiger partial charge in [0.25, 0.3) is 0 Å². The van der Waals surface area contributed by atoms with Gasteiger partial charge in [-0.3, -0.25) is 0 Å². The second-order valence-electron chi connectivity index (χ2n) is 7.11. The van der Waals surface area contributed by atoms with Crippen molar-refractivity contribution in [2.75, 3.05) is 31.5 Å². The largest absolute Gasteiger partial charge is 0.338 e. The fraction of sp³-hybridized carbons (Fsp3) is 0.381. The van der Waals surface area contributed by atoms with Crippen LogP contribution in [0.3, 0.4) is 0 Å². The number of benzene rings is 2. The van der Waals surface area contributed by atoms with Crippen molar-refractivity contribution in [2.45, 2.75) is 26.3 Å². The number of anilines is 1. The average molecular weight is 355 g/mol. The molecule has 4 heteroatoms. The van der Waals surface area contributed by atoms with Gasteiger partial charge in [0.1, 0.15) is 6.54 Å². The Hall–Kier alpha value is -1.91. The zero-order chi connectivity index (χ0) is 17.6. The molecule has 3 nitrogen and oxygen atoms in total. The third-order valence-corrected chi connectivity index (χ3v) is 5.24. The lowest BCUT2D eigenvalue weighted by molar-refractivity contribution is -0.917. The lowest BCUT2D eigenvalue weighted by atomic mass is 10.0. The molecule has 0 saturated carbocycles. The van der Waals surface area contributed by atoms with E-state index in [0.29, 0.717) is 5.92 Å². The molecule has 0 radical (unpaired) electrons. The molecule has 1 aliphatic heterocycles. The number of quaternary nitrogens is 1. The van der Waals surface area contributed by atoms with E-state index in [-0.39, 0.29) is 0 Å². The first kappa shape index (κ1) is 17.9. The lowest BCUT2D eigenvalue weighted by Crippen LogP contribution is -3.13. The Balaban J connectivity index is 1.48. The predicted molar refractivity (Wildman–Crippen MR) is 109 cm³/mol. The summed E-state index contributed by atoms with van der Waals surface area (Å²) in [4.78, 5) is 3.92. The van der Waals surface area contributed by atoms with Gasteiger partial charge in [-0.1, -0.05) is 56.3 Å². The summed E-state index contributed by atoms with van der Waals surface area (Å²) in [5.74, 6) is 0.557. The second kappa shape index (κ2) is 8.45. The third kappa shape index (κ3) is 5.03. The molecule has 132 valence electrons. The molecule has 0 aromatic heterocycles. The molecule has 2 N–H and O–H groups in total. The third-order valence-electron chi connectivity index (χ3n) is 4.88. The number of hydrogen-bond donors (Lipinski definition) is 2. The molecule has 1 heterocycles. The molecule has 0 spiro atoms. The number of nitrogens with one attached hydrogen (secondary N) is 2.